The molecule has 1 radical (unpaired) electrons. The van der Waals surface area contributed by atoms with Gasteiger partial charge in [-0.3, -0.25) is 0 Å². The fraction of sp³-hybridized carbons (Fsp3) is 0.429. The summed E-state index contributed by atoms with van der Waals surface area (Å²) in [6, 6.07) is 2.67. The summed E-state index contributed by atoms with van der Waals surface area (Å²) < 4.78 is 0. The molecule has 1 aromatic rings. The minimum absolute atomic E-state index is 0.326. The number of hydrogen-bond acceptors (Lipinski definition) is 2. The third-order valence-electron chi connectivity index (χ3n) is 1.11. The largest absolute Gasteiger partial charge is 0.240 e. The summed E-state index contributed by atoms with van der Waals surface area (Å²) in [4.78, 5) is 7.96. The Morgan fingerprint density at radius 2 is 2.30 bits per heavy atom. The summed E-state index contributed by atoms with van der Waals surface area (Å²) in [5, 5.41) is 0.388. The zero-order chi connectivity index (χ0) is 7.56. The first-order valence-electron chi connectivity index (χ1n) is 3.10. The molecule has 2 nitrogen and oxygen atoms in total. The Morgan fingerprint density at radius 3 is 2.70 bits per heavy atom. The predicted molar refractivity (Wildman–Crippen MR) is 40.0 cm³/mol. The molecule has 0 saturated carbocycles. The van der Waals surface area contributed by atoms with Gasteiger partial charge in [-0.1, -0.05) is 25.4 Å². The summed E-state index contributed by atoms with van der Waals surface area (Å²) in [5.74, 6) is 1.09. The van der Waals surface area contributed by atoms with E-state index < -0.39 is 0 Å². The van der Waals surface area contributed by atoms with Crippen molar-refractivity contribution in [3.05, 3.63) is 23.2 Å². The van der Waals surface area contributed by atoms with E-state index in [0.717, 1.165) is 5.82 Å². The van der Waals surface area contributed by atoms with Crippen LogP contribution in [0.5, 0.6) is 0 Å². The zero-order valence-electron chi connectivity index (χ0n) is 5.93. The molecule has 10 heavy (non-hydrogen) atoms. The normalized spacial score (nSPS) is 10.4. The van der Waals surface area contributed by atoms with E-state index in [0.29, 0.717) is 11.1 Å². The van der Waals surface area contributed by atoms with Crippen LogP contribution in [0.25, 0.3) is 0 Å². The SMILES string of the molecule is CC(C)c1nc[c]c(Cl)n1. The molecule has 53 valence electrons. The van der Waals surface area contributed by atoms with Crippen LogP contribution >= 0.6 is 11.6 Å². The van der Waals surface area contributed by atoms with Gasteiger partial charge in [-0.2, -0.15) is 0 Å². The highest BCUT2D eigenvalue weighted by atomic mass is 35.5. The topological polar surface area (TPSA) is 25.8 Å². The molecule has 0 saturated heterocycles. The Morgan fingerprint density at radius 1 is 1.60 bits per heavy atom. The van der Waals surface area contributed by atoms with Crippen LogP contribution in [0.3, 0.4) is 0 Å². The molecule has 0 amide bonds. The highest BCUT2D eigenvalue weighted by Gasteiger charge is 2.01. The predicted octanol–water partition coefficient (Wildman–Crippen LogP) is 2.05. The second kappa shape index (κ2) is 2.97. The van der Waals surface area contributed by atoms with Crippen molar-refractivity contribution < 1.29 is 0 Å². The average molecular weight is 156 g/mol. The number of hydrogen-bond donors (Lipinski definition) is 0. The van der Waals surface area contributed by atoms with E-state index in [-0.39, 0.29) is 0 Å². The van der Waals surface area contributed by atoms with Crippen molar-refractivity contribution in [1.82, 2.24) is 9.97 Å². The molecule has 1 heterocycles. The van der Waals surface area contributed by atoms with Gasteiger partial charge in [0.05, 0.1) is 0 Å². The lowest BCUT2D eigenvalue weighted by Gasteiger charge is -2.00. The fourth-order valence-electron chi connectivity index (χ4n) is 0.592. The lowest BCUT2D eigenvalue weighted by atomic mass is 10.2. The fourth-order valence-corrected chi connectivity index (χ4v) is 0.727. The van der Waals surface area contributed by atoms with Crippen LogP contribution in [0.4, 0.5) is 0 Å². The third kappa shape index (κ3) is 1.67. The molecule has 0 aromatic carbocycles. The molecule has 3 heteroatoms. The van der Waals surface area contributed by atoms with Gasteiger partial charge in [-0.15, -0.1) is 0 Å². The van der Waals surface area contributed by atoms with Gasteiger partial charge < -0.3 is 0 Å². The van der Waals surface area contributed by atoms with Gasteiger partial charge in [-0.05, 0) is 0 Å². The van der Waals surface area contributed by atoms with Crippen LogP contribution in [0.2, 0.25) is 5.15 Å². The second-order valence-electron chi connectivity index (χ2n) is 2.32. The summed E-state index contributed by atoms with van der Waals surface area (Å²) in [7, 11) is 0. The molecule has 0 unspecified atom stereocenters. The van der Waals surface area contributed by atoms with Crippen LogP contribution < -0.4 is 0 Å². The number of aromatic nitrogens is 2. The minimum atomic E-state index is 0.326. The van der Waals surface area contributed by atoms with E-state index in [2.05, 4.69) is 16.0 Å². The van der Waals surface area contributed by atoms with Crippen molar-refractivity contribution in [2.45, 2.75) is 19.8 Å². The van der Waals surface area contributed by atoms with Crippen molar-refractivity contribution in [2.24, 2.45) is 0 Å². The van der Waals surface area contributed by atoms with Crippen molar-refractivity contribution in [3.8, 4) is 0 Å². The van der Waals surface area contributed by atoms with E-state index in [1.165, 1.54) is 0 Å². The summed E-state index contributed by atoms with van der Waals surface area (Å²) in [5.41, 5.74) is 0. The van der Waals surface area contributed by atoms with E-state index >= 15 is 0 Å². The molecule has 0 aliphatic rings. The maximum atomic E-state index is 5.58. The van der Waals surface area contributed by atoms with Crippen molar-refractivity contribution in [3.63, 3.8) is 0 Å². The molecule has 1 aromatic heterocycles. The first-order chi connectivity index (χ1) is 4.70. The maximum absolute atomic E-state index is 5.58. The molecule has 0 fully saturated rings. The molecule has 0 spiro atoms. The van der Waals surface area contributed by atoms with Crippen molar-refractivity contribution in [1.29, 1.82) is 0 Å². The monoisotopic (exact) mass is 155 g/mol. The van der Waals surface area contributed by atoms with E-state index in [9.17, 15) is 0 Å². The number of nitrogens with zero attached hydrogens (tertiary/aromatic N) is 2. The van der Waals surface area contributed by atoms with E-state index in [4.69, 9.17) is 11.6 Å². The van der Waals surface area contributed by atoms with Gasteiger partial charge in [0.2, 0.25) is 0 Å². The molecular weight excluding hydrogens is 148 g/mol. The molecule has 0 atom stereocenters. The Kier molecular flexibility index (Phi) is 2.22. The quantitative estimate of drug-likeness (QED) is 0.581. The van der Waals surface area contributed by atoms with Gasteiger partial charge >= 0.3 is 0 Å². The summed E-state index contributed by atoms with van der Waals surface area (Å²) in [6.07, 6.45) is 1.55. The zero-order valence-corrected chi connectivity index (χ0v) is 6.68. The molecular formula is C7H8ClN2. The first kappa shape index (κ1) is 7.48. The molecule has 1 rings (SSSR count). The van der Waals surface area contributed by atoms with E-state index in [1.807, 2.05) is 13.8 Å². The highest BCUT2D eigenvalue weighted by Crippen LogP contribution is 2.09. The Balaban J connectivity index is 2.96. The first-order valence-corrected chi connectivity index (χ1v) is 3.48. The van der Waals surface area contributed by atoms with Crippen LogP contribution in [-0.2, 0) is 0 Å². The number of rotatable bonds is 1. The van der Waals surface area contributed by atoms with E-state index in [1.54, 1.807) is 6.20 Å². The third-order valence-corrected chi connectivity index (χ3v) is 1.30. The van der Waals surface area contributed by atoms with Crippen molar-refractivity contribution >= 4 is 11.6 Å². The molecule has 0 N–H and O–H groups in total. The molecule has 0 aliphatic carbocycles. The Hall–Kier alpha value is -0.630. The lowest BCUT2D eigenvalue weighted by molar-refractivity contribution is 0.773. The van der Waals surface area contributed by atoms with Gasteiger partial charge in [0.1, 0.15) is 11.0 Å². The summed E-state index contributed by atoms with van der Waals surface area (Å²) >= 11 is 5.58. The number of halogens is 1. The van der Waals surface area contributed by atoms with Crippen LogP contribution in [0.1, 0.15) is 25.6 Å². The second-order valence-corrected chi connectivity index (χ2v) is 2.68. The van der Waals surface area contributed by atoms with Gasteiger partial charge in [0.25, 0.3) is 0 Å². The Labute approximate surface area is 65.3 Å². The summed E-state index contributed by atoms with van der Waals surface area (Å²) in [6.45, 7) is 4.04. The average Bonchev–Trinajstić information content (AvgIpc) is 1.88. The van der Waals surface area contributed by atoms with Crippen molar-refractivity contribution in [2.75, 3.05) is 0 Å². The van der Waals surface area contributed by atoms with Crippen LogP contribution in [-0.4, -0.2) is 9.97 Å². The van der Waals surface area contributed by atoms with Gasteiger partial charge in [-0.25, -0.2) is 9.97 Å². The van der Waals surface area contributed by atoms with Crippen LogP contribution in [0.15, 0.2) is 6.20 Å². The standard InChI is InChI=1S/C7H8ClN2/c1-5(2)7-9-4-3-6(8)10-7/h4-5H,1-2H3. The van der Waals surface area contributed by atoms with Gasteiger partial charge in [0.15, 0.2) is 0 Å². The molecule has 0 aliphatic heterocycles. The lowest BCUT2D eigenvalue weighted by Crippen LogP contribution is -1.95. The van der Waals surface area contributed by atoms with Gasteiger partial charge in [0, 0.05) is 18.2 Å². The Bertz CT molecular complexity index is 223. The minimum Gasteiger partial charge on any atom is -0.240 e. The maximum Gasteiger partial charge on any atom is 0.140 e. The smallest absolute Gasteiger partial charge is 0.140 e. The van der Waals surface area contributed by atoms with Crippen LogP contribution in [0, 0.1) is 6.07 Å². The molecule has 0 bridgehead atoms. The highest BCUT2D eigenvalue weighted by molar-refractivity contribution is 6.29.